The lowest BCUT2D eigenvalue weighted by Crippen LogP contribution is -2.32. The molecule has 2 atom stereocenters. The Labute approximate surface area is 121 Å². The van der Waals surface area contributed by atoms with E-state index in [1.54, 1.807) is 0 Å². The largest absolute Gasteiger partial charge is 0.399 e. The monoisotopic (exact) mass is 278 g/mol. The van der Waals surface area contributed by atoms with E-state index in [0.29, 0.717) is 18.2 Å². The zero-order valence-corrected chi connectivity index (χ0v) is 12.4. The first-order chi connectivity index (χ1) is 9.58. The molecular formula is C16H26N2O2. The third-order valence-electron chi connectivity index (χ3n) is 3.60. The fourth-order valence-electron chi connectivity index (χ4n) is 2.32. The van der Waals surface area contributed by atoms with Crippen molar-refractivity contribution in [3.63, 3.8) is 0 Å². The van der Waals surface area contributed by atoms with Crippen LogP contribution in [0, 0.1) is 5.92 Å². The zero-order valence-electron chi connectivity index (χ0n) is 12.4. The number of rotatable bonds is 8. The van der Waals surface area contributed by atoms with Crippen LogP contribution in [-0.2, 0) is 4.79 Å². The fraction of sp³-hybridized carbons (Fsp3) is 0.562. The lowest BCUT2D eigenvalue weighted by molar-refractivity contribution is -0.122. The predicted molar refractivity (Wildman–Crippen MR) is 82.4 cm³/mol. The van der Waals surface area contributed by atoms with Crippen molar-refractivity contribution in [1.29, 1.82) is 0 Å². The highest BCUT2D eigenvalue weighted by Crippen LogP contribution is 2.18. The third kappa shape index (κ3) is 5.21. The summed E-state index contributed by atoms with van der Waals surface area (Å²) in [6.07, 6.45) is 2.82. The number of anilines is 1. The summed E-state index contributed by atoms with van der Waals surface area (Å²) in [5.74, 6) is 0.145. The summed E-state index contributed by atoms with van der Waals surface area (Å²) in [5, 5.41) is 12.0. The molecular weight excluding hydrogens is 252 g/mol. The average Bonchev–Trinajstić information content (AvgIpc) is 2.44. The van der Waals surface area contributed by atoms with Gasteiger partial charge in [-0.1, -0.05) is 25.5 Å². The number of carbonyl (C=O) groups excluding carboxylic acids is 1. The van der Waals surface area contributed by atoms with Crippen LogP contribution in [0.4, 0.5) is 5.69 Å². The van der Waals surface area contributed by atoms with Crippen LogP contribution in [0.3, 0.4) is 0 Å². The number of amides is 1. The summed E-state index contributed by atoms with van der Waals surface area (Å²) in [4.78, 5) is 12.2. The second kappa shape index (κ2) is 8.59. The van der Waals surface area contributed by atoms with Crippen molar-refractivity contribution in [2.45, 2.75) is 39.0 Å². The van der Waals surface area contributed by atoms with Crippen LogP contribution in [0.2, 0.25) is 0 Å². The van der Waals surface area contributed by atoms with Gasteiger partial charge in [0.15, 0.2) is 0 Å². The van der Waals surface area contributed by atoms with Crippen LogP contribution in [0.15, 0.2) is 24.3 Å². The van der Waals surface area contributed by atoms with E-state index in [2.05, 4.69) is 12.2 Å². The molecule has 4 nitrogen and oxygen atoms in total. The van der Waals surface area contributed by atoms with E-state index < -0.39 is 0 Å². The molecule has 0 radical (unpaired) electrons. The van der Waals surface area contributed by atoms with Gasteiger partial charge >= 0.3 is 0 Å². The molecule has 0 saturated heterocycles. The van der Waals surface area contributed by atoms with Crippen molar-refractivity contribution < 1.29 is 9.90 Å². The number of nitrogens with one attached hydrogen (secondary N) is 1. The van der Waals surface area contributed by atoms with Crippen LogP contribution in [0.25, 0.3) is 0 Å². The second-order valence-electron chi connectivity index (χ2n) is 5.30. The van der Waals surface area contributed by atoms with Gasteiger partial charge in [-0.2, -0.15) is 0 Å². The van der Waals surface area contributed by atoms with Gasteiger partial charge in [0, 0.05) is 18.8 Å². The summed E-state index contributed by atoms with van der Waals surface area (Å²) < 4.78 is 0. The molecule has 4 N–H and O–H groups in total. The van der Waals surface area contributed by atoms with E-state index >= 15 is 0 Å². The Hall–Kier alpha value is -1.55. The number of aliphatic hydroxyl groups is 1. The Balaban J connectivity index is 2.53. The highest BCUT2D eigenvalue weighted by Gasteiger charge is 2.16. The minimum Gasteiger partial charge on any atom is -0.399 e. The van der Waals surface area contributed by atoms with Crippen LogP contribution >= 0.6 is 0 Å². The first-order valence-electron chi connectivity index (χ1n) is 7.32. The molecule has 0 heterocycles. The highest BCUT2D eigenvalue weighted by atomic mass is 16.3. The quantitative estimate of drug-likeness (QED) is 0.639. The van der Waals surface area contributed by atoms with Gasteiger partial charge in [0.05, 0.1) is 5.92 Å². The number of aliphatic hydroxyl groups excluding tert-OH is 1. The number of benzene rings is 1. The van der Waals surface area contributed by atoms with E-state index in [4.69, 9.17) is 10.8 Å². The number of nitrogen functional groups attached to an aromatic ring is 1. The lowest BCUT2D eigenvalue weighted by Gasteiger charge is -2.18. The molecule has 1 amide bonds. The van der Waals surface area contributed by atoms with Crippen LogP contribution < -0.4 is 11.1 Å². The summed E-state index contributed by atoms with van der Waals surface area (Å²) in [6, 6.07) is 7.42. The van der Waals surface area contributed by atoms with Gasteiger partial charge in [-0.15, -0.1) is 0 Å². The molecule has 0 saturated carbocycles. The molecule has 1 aromatic carbocycles. The molecule has 1 aromatic rings. The Bertz CT molecular complexity index is 415. The van der Waals surface area contributed by atoms with Gasteiger partial charge in [0.2, 0.25) is 5.91 Å². The molecule has 0 spiro atoms. The number of carbonyl (C=O) groups is 1. The third-order valence-corrected chi connectivity index (χ3v) is 3.60. The molecule has 0 aliphatic carbocycles. The molecule has 0 aliphatic heterocycles. The predicted octanol–water partition coefficient (Wildman–Crippen LogP) is 2.29. The van der Waals surface area contributed by atoms with Crippen molar-refractivity contribution in [2.75, 3.05) is 18.9 Å². The standard InChI is InChI=1S/C16H26N2O2/c1-3-5-13(8-9-19)11-18-16(20)12(2)14-6-4-7-15(17)10-14/h4,6-7,10,12-13,19H,3,5,8-9,11,17H2,1-2H3,(H,18,20). The maximum Gasteiger partial charge on any atom is 0.227 e. The zero-order chi connectivity index (χ0) is 15.0. The Kier molecular flexibility index (Phi) is 7.09. The molecule has 0 aliphatic rings. The molecule has 2 unspecified atom stereocenters. The Morgan fingerprint density at radius 3 is 2.75 bits per heavy atom. The second-order valence-corrected chi connectivity index (χ2v) is 5.30. The Morgan fingerprint density at radius 1 is 1.40 bits per heavy atom. The smallest absolute Gasteiger partial charge is 0.227 e. The van der Waals surface area contributed by atoms with E-state index in [0.717, 1.165) is 24.8 Å². The summed E-state index contributed by atoms with van der Waals surface area (Å²) in [7, 11) is 0. The minimum atomic E-state index is -0.213. The Morgan fingerprint density at radius 2 is 2.15 bits per heavy atom. The topological polar surface area (TPSA) is 75.3 Å². The first kappa shape index (κ1) is 16.5. The maximum absolute atomic E-state index is 12.2. The van der Waals surface area contributed by atoms with Crippen molar-refractivity contribution >= 4 is 11.6 Å². The number of hydrogen-bond donors (Lipinski definition) is 3. The summed E-state index contributed by atoms with van der Waals surface area (Å²) >= 11 is 0. The van der Waals surface area contributed by atoms with Gasteiger partial charge < -0.3 is 16.2 Å². The molecule has 1 rings (SSSR count). The van der Waals surface area contributed by atoms with Crippen molar-refractivity contribution in [2.24, 2.45) is 5.92 Å². The van der Waals surface area contributed by atoms with Crippen LogP contribution in [0.5, 0.6) is 0 Å². The maximum atomic E-state index is 12.2. The molecule has 0 fully saturated rings. The lowest BCUT2D eigenvalue weighted by atomic mass is 9.97. The molecule has 0 bridgehead atoms. The SMILES string of the molecule is CCCC(CCO)CNC(=O)C(C)c1cccc(N)c1. The molecule has 20 heavy (non-hydrogen) atoms. The van der Waals surface area contributed by atoms with E-state index in [9.17, 15) is 4.79 Å². The fourth-order valence-corrected chi connectivity index (χ4v) is 2.32. The van der Waals surface area contributed by atoms with Crippen LogP contribution in [-0.4, -0.2) is 24.2 Å². The normalized spacial score (nSPS) is 13.8. The van der Waals surface area contributed by atoms with E-state index in [-0.39, 0.29) is 18.4 Å². The molecule has 112 valence electrons. The van der Waals surface area contributed by atoms with Crippen LogP contribution in [0.1, 0.15) is 44.6 Å². The summed E-state index contributed by atoms with van der Waals surface area (Å²) in [6.45, 7) is 4.79. The highest BCUT2D eigenvalue weighted by molar-refractivity contribution is 5.83. The average molecular weight is 278 g/mol. The van der Waals surface area contributed by atoms with E-state index in [1.807, 2.05) is 31.2 Å². The molecule has 4 heteroatoms. The van der Waals surface area contributed by atoms with Gasteiger partial charge in [-0.25, -0.2) is 0 Å². The van der Waals surface area contributed by atoms with Gasteiger partial charge in [0.1, 0.15) is 0 Å². The van der Waals surface area contributed by atoms with Gasteiger partial charge in [0.25, 0.3) is 0 Å². The summed E-state index contributed by atoms with van der Waals surface area (Å²) in [5.41, 5.74) is 7.34. The number of hydrogen-bond acceptors (Lipinski definition) is 3. The minimum absolute atomic E-state index is 0.00893. The van der Waals surface area contributed by atoms with Crippen molar-refractivity contribution in [3.05, 3.63) is 29.8 Å². The molecule has 0 aromatic heterocycles. The number of nitrogens with two attached hydrogens (primary N) is 1. The van der Waals surface area contributed by atoms with Gasteiger partial charge in [-0.3, -0.25) is 4.79 Å². The van der Waals surface area contributed by atoms with Gasteiger partial charge in [-0.05, 0) is 43.4 Å². The van der Waals surface area contributed by atoms with Crippen molar-refractivity contribution in [3.8, 4) is 0 Å². The first-order valence-corrected chi connectivity index (χ1v) is 7.32. The van der Waals surface area contributed by atoms with Crippen molar-refractivity contribution in [1.82, 2.24) is 5.32 Å². The van der Waals surface area contributed by atoms with E-state index in [1.165, 1.54) is 0 Å².